The molecular weight excluding hydrogens is 819 g/mol. The third-order valence-corrected chi connectivity index (χ3v) is 13.5. The van der Waals surface area contributed by atoms with E-state index in [1.54, 1.807) is 36.4 Å². The number of carbonyl (C=O) groups excluding carboxylic acids is 6. The van der Waals surface area contributed by atoms with Crippen LogP contribution in [-0.2, 0) is 29.5 Å². The molecule has 5 aliphatic heterocycles. The van der Waals surface area contributed by atoms with Crippen molar-refractivity contribution >= 4 is 52.6 Å². The summed E-state index contributed by atoms with van der Waals surface area (Å²) in [6.07, 6.45) is 3.87. The monoisotopic (exact) mass is 869 g/mol. The fraction of sp³-hybridized carbons (Fsp3) is 0.404. The molecule has 9 rings (SSSR count). The molecule has 332 valence electrons. The number of ether oxygens (including phenoxy) is 1. The van der Waals surface area contributed by atoms with Crippen molar-refractivity contribution in [2.75, 3.05) is 61.4 Å². The van der Waals surface area contributed by atoms with Gasteiger partial charge < -0.3 is 35.6 Å². The number of benzene rings is 3. The molecule has 3 aromatic carbocycles. The first-order chi connectivity index (χ1) is 31.0. The van der Waals surface area contributed by atoms with Gasteiger partial charge in [-0.05, 0) is 86.9 Å². The summed E-state index contributed by atoms with van der Waals surface area (Å²) in [5.41, 5.74) is 9.65. The summed E-state index contributed by atoms with van der Waals surface area (Å²) in [5.74, 6) is -2.00. The summed E-state index contributed by atoms with van der Waals surface area (Å²) < 4.78 is 6.57. The van der Waals surface area contributed by atoms with Crippen LogP contribution < -0.4 is 26.2 Å². The summed E-state index contributed by atoms with van der Waals surface area (Å²) >= 11 is 0. The van der Waals surface area contributed by atoms with Crippen LogP contribution in [0.4, 0.5) is 17.2 Å². The first-order valence-electron chi connectivity index (χ1n) is 22.0. The number of piperidine rings is 4. The number of nitrogens with one attached hydrogen (secondary N) is 2. The van der Waals surface area contributed by atoms with Crippen molar-refractivity contribution in [1.29, 1.82) is 0 Å². The number of aromatic hydroxyl groups is 1. The molecule has 0 aliphatic carbocycles. The molecule has 1 atom stereocenters. The molecule has 0 bridgehead atoms. The number of phenols is 1. The van der Waals surface area contributed by atoms with Gasteiger partial charge >= 0.3 is 0 Å². The van der Waals surface area contributed by atoms with Gasteiger partial charge in [-0.3, -0.25) is 39.0 Å². The number of phenolic OH excluding ortho intramolecular Hbond substituents is 1. The van der Waals surface area contributed by atoms with Crippen molar-refractivity contribution in [3.8, 4) is 17.0 Å². The maximum Gasteiger partial charge on any atom is 0.262 e. The molecule has 4 fully saturated rings. The second-order valence-corrected chi connectivity index (χ2v) is 17.3. The highest BCUT2D eigenvalue weighted by atomic mass is 16.5. The van der Waals surface area contributed by atoms with E-state index in [1.807, 2.05) is 47.4 Å². The van der Waals surface area contributed by atoms with Gasteiger partial charge in [-0.15, -0.1) is 10.2 Å². The second kappa shape index (κ2) is 17.7. The quantitative estimate of drug-likeness (QED) is 0.168. The zero-order valence-corrected chi connectivity index (χ0v) is 35.4. The second-order valence-electron chi connectivity index (χ2n) is 17.3. The number of nitrogen functional groups attached to an aromatic ring is 1. The van der Waals surface area contributed by atoms with Crippen LogP contribution >= 0.6 is 0 Å². The summed E-state index contributed by atoms with van der Waals surface area (Å²) in [5, 5.41) is 24.2. The Morgan fingerprint density at radius 1 is 0.781 bits per heavy atom. The van der Waals surface area contributed by atoms with E-state index in [-0.39, 0.29) is 60.1 Å². The molecule has 5 N–H and O–H groups in total. The number of fused-ring (bicyclic) bond motifs is 1. The van der Waals surface area contributed by atoms with Crippen molar-refractivity contribution < 1.29 is 38.6 Å². The first-order valence-corrected chi connectivity index (χ1v) is 22.0. The Balaban J connectivity index is 0.748. The standard InChI is InChI=1S/C47H51N9O8/c48-42-38(27-36(51-52-42)34-8-4-5-9-39(34)57)54-24-18-47(19-25-54,30-6-2-1-3-7-30)64-28-41(59)49-31-16-22-55(23-17-31)44(61)29-14-20-53(21-15-29)32-10-11-33-35(26-32)46(63)56(45(33)62)37-12-13-40(58)50-43(37)60/h1-11,26-27,29,31,37,57H,12-25,28H2,(H2,48,52)(H,49,59)(H,50,58,60). The summed E-state index contributed by atoms with van der Waals surface area (Å²) in [7, 11) is 0. The summed E-state index contributed by atoms with van der Waals surface area (Å²) in [6, 6.07) is 22.7. The highest BCUT2D eigenvalue weighted by Gasteiger charge is 2.45. The zero-order valence-electron chi connectivity index (χ0n) is 35.4. The molecule has 1 aromatic heterocycles. The van der Waals surface area contributed by atoms with Crippen molar-refractivity contribution in [3.63, 3.8) is 0 Å². The number of aromatic nitrogens is 2. The Morgan fingerprint density at radius 2 is 1.48 bits per heavy atom. The molecule has 6 amide bonds. The van der Waals surface area contributed by atoms with E-state index in [4.69, 9.17) is 10.5 Å². The van der Waals surface area contributed by atoms with Crippen LogP contribution in [0.3, 0.4) is 0 Å². The van der Waals surface area contributed by atoms with Gasteiger partial charge in [0.05, 0.1) is 28.1 Å². The van der Waals surface area contributed by atoms with Crippen molar-refractivity contribution in [2.24, 2.45) is 5.92 Å². The highest BCUT2D eigenvalue weighted by Crippen LogP contribution is 2.40. The minimum Gasteiger partial charge on any atom is -0.507 e. The van der Waals surface area contributed by atoms with Crippen molar-refractivity contribution in [2.45, 2.75) is 69.1 Å². The van der Waals surface area contributed by atoms with Gasteiger partial charge in [-0.1, -0.05) is 42.5 Å². The lowest BCUT2D eigenvalue weighted by Gasteiger charge is -2.43. The van der Waals surface area contributed by atoms with Gasteiger partial charge in [0.15, 0.2) is 5.82 Å². The number of amides is 6. The van der Waals surface area contributed by atoms with Gasteiger partial charge in [0.2, 0.25) is 23.6 Å². The van der Waals surface area contributed by atoms with Crippen LogP contribution in [0.1, 0.15) is 77.6 Å². The average Bonchev–Trinajstić information content (AvgIpc) is 3.56. The third kappa shape index (κ3) is 8.34. The van der Waals surface area contributed by atoms with Crippen LogP contribution in [0.25, 0.3) is 11.3 Å². The van der Waals surface area contributed by atoms with E-state index in [1.165, 1.54) is 0 Å². The van der Waals surface area contributed by atoms with Crippen LogP contribution in [0.5, 0.6) is 5.75 Å². The van der Waals surface area contributed by atoms with Gasteiger partial charge in [0, 0.05) is 68.9 Å². The van der Waals surface area contributed by atoms with Crippen molar-refractivity contribution in [1.82, 2.24) is 30.6 Å². The minimum atomic E-state index is -1.02. The number of imide groups is 2. The molecule has 64 heavy (non-hydrogen) atoms. The van der Waals surface area contributed by atoms with E-state index in [2.05, 4.69) is 30.6 Å². The minimum absolute atomic E-state index is 0.0560. The number of likely N-dealkylation sites (tertiary alicyclic amines) is 1. The van der Waals surface area contributed by atoms with E-state index >= 15 is 0 Å². The molecule has 17 heteroatoms. The molecule has 0 radical (unpaired) electrons. The number of carbonyl (C=O) groups is 6. The van der Waals surface area contributed by atoms with Gasteiger partial charge in [-0.25, -0.2) is 0 Å². The molecule has 1 unspecified atom stereocenters. The molecule has 4 aromatic rings. The van der Waals surface area contributed by atoms with Crippen molar-refractivity contribution in [3.05, 3.63) is 95.6 Å². The number of rotatable bonds is 10. The van der Waals surface area contributed by atoms with Gasteiger partial charge in [0.25, 0.3) is 11.8 Å². The predicted octanol–water partition coefficient (Wildman–Crippen LogP) is 3.37. The van der Waals surface area contributed by atoms with E-state index in [0.29, 0.717) is 94.9 Å². The summed E-state index contributed by atoms with van der Waals surface area (Å²) in [4.78, 5) is 84.9. The van der Waals surface area contributed by atoms with Crippen LogP contribution in [-0.4, -0.2) is 119 Å². The van der Waals surface area contributed by atoms with Gasteiger partial charge in [0.1, 0.15) is 18.4 Å². The first kappa shape index (κ1) is 42.4. The Bertz CT molecular complexity index is 2480. The SMILES string of the molecule is Nc1nnc(-c2ccccc2O)cc1N1CCC(OCC(=O)NC2CCN(C(=O)C3CCN(c4ccc5c(c4)C(=O)N(C4CCC(=O)NC4=O)C5=O)CC3)CC2)(c2ccccc2)CC1. The predicted molar refractivity (Wildman–Crippen MR) is 235 cm³/mol. The van der Waals surface area contributed by atoms with Gasteiger partial charge in [-0.2, -0.15) is 0 Å². The Hall–Kier alpha value is -6.88. The molecule has 17 nitrogen and oxygen atoms in total. The number of para-hydroxylation sites is 1. The maximum absolute atomic E-state index is 13.7. The smallest absolute Gasteiger partial charge is 0.262 e. The number of nitrogens with zero attached hydrogens (tertiary/aromatic N) is 6. The zero-order chi connectivity index (χ0) is 44.5. The lowest BCUT2D eigenvalue weighted by molar-refractivity contribution is -0.139. The van der Waals surface area contributed by atoms with Crippen LogP contribution in [0.2, 0.25) is 0 Å². The average molecular weight is 870 g/mol. The number of hydrogen-bond donors (Lipinski definition) is 4. The fourth-order valence-corrected chi connectivity index (χ4v) is 9.85. The normalized spacial score (nSPS) is 20.6. The Kier molecular flexibility index (Phi) is 11.7. The Morgan fingerprint density at radius 3 is 2.20 bits per heavy atom. The number of anilines is 3. The van der Waals surface area contributed by atoms with Crippen LogP contribution in [0.15, 0.2) is 78.9 Å². The maximum atomic E-state index is 13.7. The molecule has 6 heterocycles. The van der Waals surface area contributed by atoms with E-state index in [0.717, 1.165) is 21.8 Å². The highest BCUT2D eigenvalue weighted by molar-refractivity contribution is 6.23. The molecule has 4 saturated heterocycles. The molecule has 0 spiro atoms. The lowest BCUT2D eigenvalue weighted by atomic mass is 9.84. The van der Waals surface area contributed by atoms with E-state index in [9.17, 15) is 33.9 Å². The molecular formula is C47H51N9O8. The number of hydrogen-bond acceptors (Lipinski definition) is 13. The summed E-state index contributed by atoms with van der Waals surface area (Å²) in [6.45, 7) is 3.33. The molecule has 0 saturated carbocycles. The Labute approximate surface area is 369 Å². The lowest BCUT2D eigenvalue weighted by Crippen LogP contribution is -2.54. The number of nitrogens with two attached hydrogens (primary N) is 1. The van der Waals surface area contributed by atoms with E-state index < -0.39 is 35.3 Å². The fourth-order valence-electron chi connectivity index (χ4n) is 9.85. The van der Waals surface area contributed by atoms with Crippen LogP contribution in [0, 0.1) is 5.92 Å². The third-order valence-electron chi connectivity index (χ3n) is 13.5. The topological polar surface area (TPSA) is 221 Å². The molecule has 5 aliphatic rings. The largest absolute Gasteiger partial charge is 0.507 e.